The van der Waals surface area contributed by atoms with Crippen molar-refractivity contribution >= 4 is 10.0 Å². The fourth-order valence-corrected chi connectivity index (χ4v) is 3.15. The van der Waals surface area contributed by atoms with Crippen molar-refractivity contribution in [1.29, 1.82) is 0 Å². The van der Waals surface area contributed by atoms with Gasteiger partial charge in [0, 0.05) is 32.0 Å². The lowest BCUT2D eigenvalue weighted by Gasteiger charge is -2.16. The van der Waals surface area contributed by atoms with Crippen molar-refractivity contribution in [3.63, 3.8) is 0 Å². The minimum absolute atomic E-state index is 0.190. The molecule has 0 saturated heterocycles. The van der Waals surface area contributed by atoms with E-state index in [4.69, 9.17) is 0 Å². The largest absolute Gasteiger partial charge is 0.363 e. The van der Waals surface area contributed by atoms with E-state index in [1.165, 1.54) is 29.7 Å². The van der Waals surface area contributed by atoms with Crippen LogP contribution in [0, 0.1) is 5.82 Å². The van der Waals surface area contributed by atoms with Gasteiger partial charge in [0.05, 0.1) is 4.90 Å². The predicted molar refractivity (Wildman–Crippen MR) is 78.6 cm³/mol. The summed E-state index contributed by atoms with van der Waals surface area (Å²) in [6, 6.07) is 7.39. The first-order valence-corrected chi connectivity index (χ1v) is 7.90. The highest BCUT2D eigenvalue weighted by Crippen LogP contribution is 2.18. The average Bonchev–Trinajstić information content (AvgIpc) is 2.91. The number of rotatable bonds is 6. The van der Waals surface area contributed by atoms with Crippen molar-refractivity contribution in [2.45, 2.75) is 18.0 Å². The molecule has 0 amide bonds. The van der Waals surface area contributed by atoms with Gasteiger partial charge in [0.15, 0.2) is 0 Å². The summed E-state index contributed by atoms with van der Waals surface area (Å²) in [5.74, 6) is -0.341. The molecule has 21 heavy (non-hydrogen) atoms. The predicted octanol–water partition coefficient (Wildman–Crippen LogP) is 1.69. The number of nitrogens with zero attached hydrogens (tertiary/aromatic N) is 1. The van der Waals surface area contributed by atoms with E-state index in [1.807, 2.05) is 0 Å². The van der Waals surface area contributed by atoms with Gasteiger partial charge in [-0.05, 0) is 30.8 Å². The average molecular weight is 311 g/mol. The van der Waals surface area contributed by atoms with Crippen LogP contribution >= 0.6 is 0 Å². The van der Waals surface area contributed by atoms with Crippen LogP contribution in [0.3, 0.4) is 0 Å². The summed E-state index contributed by atoms with van der Waals surface area (Å²) >= 11 is 0. The van der Waals surface area contributed by atoms with E-state index >= 15 is 0 Å². The molecule has 0 aliphatic carbocycles. The van der Waals surface area contributed by atoms with Gasteiger partial charge in [-0.1, -0.05) is 12.1 Å². The van der Waals surface area contributed by atoms with Gasteiger partial charge in [0.2, 0.25) is 10.0 Å². The lowest BCUT2D eigenvalue weighted by molar-refractivity contribution is 0.466. The topological polar surface area (TPSA) is 65.2 Å². The molecule has 2 rings (SSSR count). The van der Waals surface area contributed by atoms with E-state index in [-0.39, 0.29) is 17.3 Å². The van der Waals surface area contributed by atoms with E-state index in [1.54, 1.807) is 25.2 Å². The highest BCUT2D eigenvalue weighted by molar-refractivity contribution is 7.89. The molecule has 0 atom stereocenters. The van der Waals surface area contributed by atoms with Crippen molar-refractivity contribution in [2.75, 3.05) is 14.1 Å². The Labute approximate surface area is 123 Å². The molecule has 7 heteroatoms. The van der Waals surface area contributed by atoms with Gasteiger partial charge < -0.3 is 10.3 Å². The molecular weight excluding hydrogens is 293 g/mol. The minimum atomic E-state index is -3.56. The molecule has 1 aromatic carbocycles. The maximum atomic E-state index is 12.9. The van der Waals surface area contributed by atoms with Crippen LogP contribution in [0.15, 0.2) is 41.4 Å². The third kappa shape index (κ3) is 3.69. The van der Waals surface area contributed by atoms with Crippen LogP contribution in [0.25, 0.3) is 0 Å². The van der Waals surface area contributed by atoms with Gasteiger partial charge >= 0.3 is 0 Å². The normalized spacial score (nSPS) is 12.0. The molecule has 2 N–H and O–H groups in total. The standard InChI is InChI=1S/C14H18FN3O2S/c1-16-8-13-7-14(9-17-13)21(19,20)18(2)10-11-3-5-12(15)6-4-11/h3-7,9,16-17H,8,10H2,1-2H3. The smallest absolute Gasteiger partial charge is 0.244 e. The third-order valence-electron chi connectivity index (χ3n) is 3.11. The molecule has 0 fully saturated rings. The number of sulfonamides is 1. The van der Waals surface area contributed by atoms with Gasteiger partial charge in [0.25, 0.3) is 0 Å². The second-order valence-corrected chi connectivity index (χ2v) is 6.82. The quantitative estimate of drug-likeness (QED) is 0.853. The highest BCUT2D eigenvalue weighted by Gasteiger charge is 2.22. The van der Waals surface area contributed by atoms with Crippen molar-refractivity contribution in [1.82, 2.24) is 14.6 Å². The summed E-state index contributed by atoms with van der Waals surface area (Å²) in [6.07, 6.45) is 1.48. The number of halogens is 1. The third-order valence-corrected chi connectivity index (χ3v) is 4.89. The molecule has 2 aromatic rings. The SMILES string of the molecule is CNCc1cc(S(=O)(=O)N(C)Cc2ccc(F)cc2)c[nH]1. The Bertz CT molecular complexity index is 695. The summed E-state index contributed by atoms with van der Waals surface area (Å²) in [7, 11) is -0.273. The highest BCUT2D eigenvalue weighted by atomic mass is 32.2. The summed E-state index contributed by atoms with van der Waals surface area (Å²) in [4.78, 5) is 3.14. The number of aromatic amines is 1. The van der Waals surface area contributed by atoms with Crippen molar-refractivity contribution in [2.24, 2.45) is 0 Å². The minimum Gasteiger partial charge on any atom is -0.363 e. The molecule has 0 aliphatic heterocycles. The van der Waals surface area contributed by atoms with E-state index in [0.717, 1.165) is 11.3 Å². The van der Waals surface area contributed by atoms with E-state index < -0.39 is 10.0 Å². The van der Waals surface area contributed by atoms with Crippen LogP contribution in [0.1, 0.15) is 11.3 Å². The van der Waals surface area contributed by atoms with Crippen LogP contribution in [0.5, 0.6) is 0 Å². The lowest BCUT2D eigenvalue weighted by Crippen LogP contribution is -2.26. The van der Waals surface area contributed by atoms with Gasteiger partial charge in [-0.3, -0.25) is 0 Å². The second kappa shape index (κ2) is 6.38. The number of H-pyrrole nitrogens is 1. The summed E-state index contributed by atoms with van der Waals surface area (Å²) in [5, 5.41) is 2.95. The molecule has 0 spiro atoms. The van der Waals surface area contributed by atoms with Gasteiger partial charge in [-0.25, -0.2) is 12.8 Å². The van der Waals surface area contributed by atoms with Gasteiger partial charge in [0.1, 0.15) is 5.82 Å². The number of aromatic nitrogens is 1. The summed E-state index contributed by atoms with van der Waals surface area (Å²) in [6.45, 7) is 0.756. The summed E-state index contributed by atoms with van der Waals surface area (Å²) < 4.78 is 39.0. The molecule has 0 aliphatic rings. The fourth-order valence-electron chi connectivity index (χ4n) is 1.97. The Morgan fingerprint density at radius 1 is 1.29 bits per heavy atom. The number of benzene rings is 1. The Morgan fingerprint density at radius 3 is 2.57 bits per heavy atom. The van der Waals surface area contributed by atoms with Crippen molar-refractivity contribution in [3.05, 3.63) is 53.6 Å². The Kier molecular flexibility index (Phi) is 4.76. The maximum absolute atomic E-state index is 12.9. The van der Waals surface area contributed by atoms with Gasteiger partial charge in [-0.15, -0.1) is 0 Å². The molecule has 1 heterocycles. The number of hydrogen-bond donors (Lipinski definition) is 2. The van der Waals surface area contributed by atoms with Crippen LogP contribution in [0.4, 0.5) is 4.39 Å². The van der Waals surface area contributed by atoms with Crippen LogP contribution < -0.4 is 5.32 Å². The van der Waals surface area contributed by atoms with Crippen molar-refractivity contribution in [3.8, 4) is 0 Å². The molecule has 0 bridgehead atoms. The molecule has 114 valence electrons. The zero-order chi connectivity index (χ0) is 15.5. The van der Waals surface area contributed by atoms with Crippen molar-refractivity contribution < 1.29 is 12.8 Å². The Hall–Kier alpha value is -1.70. The monoisotopic (exact) mass is 311 g/mol. The zero-order valence-corrected chi connectivity index (χ0v) is 12.7. The van der Waals surface area contributed by atoms with Gasteiger partial charge in [-0.2, -0.15) is 4.31 Å². The van der Waals surface area contributed by atoms with E-state index in [0.29, 0.717) is 6.54 Å². The Morgan fingerprint density at radius 2 is 1.95 bits per heavy atom. The maximum Gasteiger partial charge on any atom is 0.244 e. The van der Waals surface area contributed by atoms with Crippen LogP contribution in [-0.2, 0) is 23.1 Å². The first kappa shape index (κ1) is 15.7. The first-order chi connectivity index (χ1) is 9.93. The van der Waals surface area contributed by atoms with E-state index in [9.17, 15) is 12.8 Å². The molecule has 1 aromatic heterocycles. The molecule has 5 nitrogen and oxygen atoms in total. The first-order valence-electron chi connectivity index (χ1n) is 6.46. The molecular formula is C14H18FN3O2S. The molecule has 0 saturated carbocycles. The molecule has 0 radical (unpaired) electrons. The van der Waals surface area contributed by atoms with E-state index in [2.05, 4.69) is 10.3 Å². The fraction of sp³-hybridized carbons (Fsp3) is 0.286. The number of hydrogen-bond acceptors (Lipinski definition) is 3. The lowest BCUT2D eigenvalue weighted by atomic mass is 10.2. The summed E-state index contributed by atoms with van der Waals surface area (Å²) in [5.41, 5.74) is 1.53. The second-order valence-electron chi connectivity index (χ2n) is 4.78. The Balaban J connectivity index is 2.15. The van der Waals surface area contributed by atoms with Crippen LogP contribution in [-0.4, -0.2) is 31.8 Å². The van der Waals surface area contributed by atoms with Crippen LogP contribution in [0.2, 0.25) is 0 Å². The number of nitrogens with one attached hydrogen (secondary N) is 2. The zero-order valence-electron chi connectivity index (χ0n) is 11.9. The molecule has 0 unspecified atom stereocenters.